The van der Waals surface area contributed by atoms with Gasteiger partial charge in [0.05, 0.1) is 11.0 Å². The van der Waals surface area contributed by atoms with Crippen molar-refractivity contribution in [2.75, 3.05) is 0 Å². The van der Waals surface area contributed by atoms with Gasteiger partial charge in [-0.25, -0.2) is 18.1 Å². The molecule has 0 aliphatic rings. The van der Waals surface area contributed by atoms with Crippen LogP contribution >= 0.6 is 11.3 Å². The Hall–Kier alpha value is -1.70. The van der Waals surface area contributed by atoms with E-state index in [1.807, 2.05) is 36.7 Å². The van der Waals surface area contributed by atoms with Gasteiger partial charge in [-0.2, -0.15) is 0 Å². The molecule has 0 atom stereocenters. The van der Waals surface area contributed by atoms with Crippen LogP contribution < -0.4 is 4.72 Å². The Kier molecular flexibility index (Phi) is 3.56. The molecule has 1 N–H and O–H groups in total. The summed E-state index contributed by atoms with van der Waals surface area (Å²) in [6.07, 6.45) is 0. The van der Waals surface area contributed by atoms with Gasteiger partial charge in [0.15, 0.2) is 0 Å². The van der Waals surface area contributed by atoms with Crippen LogP contribution in [0.1, 0.15) is 11.4 Å². The van der Waals surface area contributed by atoms with Crippen LogP contribution in [0.4, 0.5) is 0 Å². The molecule has 0 unspecified atom stereocenters. The molecule has 21 heavy (non-hydrogen) atoms. The molecule has 0 amide bonds. The highest BCUT2D eigenvalue weighted by Gasteiger charge is 2.14. The van der Waals surface area contributed by atoms with Crippen molar-refractivity contribution in [1.82, 2.24) is 14.3 Å². The van der Waals surface area contributed by atoms with Gasteiger partial charge in [0, 0.05) is 13.6 Å². The quantitative estimate of drug-likeness (QED) is 0.802. The molecule has 0 saturated carbocycles. The van der Waals surface area contributed by atoms with Crippen LogP contribution in [0, 0.1) is 6.92 Å². The van der Waals surface area contributed by atoms with Crippen LogP contribution in [0.2, 0.25) is 0 Å². The van der Waals surface area contributed by atoms with Crippen LogP contribution in [0.25, 0.3) is 11.0 Å². The van der Waals surface area contributed by atoms with E-state index in [4.69, 9.17) is 0 Å². The van der Waals surface area contributed by atoms with E-state index >= 15 is 0 Å². The molecule has 0 bridgehead atoms. The maximum absolute atomic E-state index is 12.1. The Labute approximate surface area is 127 Å². The van der Waals surface area contributed by atoms with E-state index in [9.17, 15) is 8.42 Å². The molecule has 1 aromatic carbocycles. The van der Waals surface area contributed by atoms with E-state index in [0.29, 0.717) is 4.21 Å². The molecule has 5 nitrogen and oxygen atoms in total. The maximum atomic E-state index is 12.1. The lowest BCUT2D eigenvalue weighted by Gasteiger charge is -2.05. The number of aromatic nitrogens is 2. The Morgan fingerprint density at radius 2 is 2.14 bits per heavy atom. The van der Waals surface area contributed by atoms with Crippen LogP contribution in [-0.2, 0) is 23.6 Å². The zero-order valence-corrected chi connectivity index (χ0v) is 13.3. The highest BCUT2D eigenvalue weighted by molar-refractivity contribution is 7.91. The molecule has 0 radical (unpaired) electrons. The van der Waals surface area contributed by atoms with E-state index in [0.717, 1.165) is 22.4 Å². The van der Waals surface area contributed by atoms with Gasteiger partial charge in [-0.15, -0.1) is 11.3 Å². The molecular formula is C14H15N3O2S2. The lowest BCUT2D eigenvalue weighted by molar-refractivity contribution is 0.583. The van der Waals surface area contributed by atoms with Crippen molar-refractivity contribution in [3.63, 3.8) is 0 Å². The van der Waals surface area contributed by atoms with Crippen LogP contribution in [0.3, 0.4) is 0 Å². The number of nitrogens with one attached hydrogen (secondary N) is 1. The third-order valence-electron chi connectivity index (χ3n) is 3.40. The molecule has 0 spiro atoms. The summed E-state index contributed by atoms with van der Waals surface area (Å²) < 4.78 is 29.1. The van der Waals surface area contributed by atoms with Crippen LogP contribution in [0.5, 0.6) is 0 Å². The largest absolute Gasteiger partial charge is 0.331 e. The Bertz CT molecular complexity index is 880. The molecule has 2 heterocycles. The fraction of sp³-hybridized carbons (Fsp3) is 0.214. The minimum absolute atomic E-state index is 0.256. The third kappa shape index (κ3) is 2.72. The fourth-order valence-electron chi connectivity index (χ4n) is 2.14. The number of sulfonamides is 1. The number of rotatable bonds is 4. The number of imidazole rings is 1. The summed E-state index contributed by atoms with van der Waals surface area (Å²) in [5.41, 5.74) is 2.81. The highest BCUT2D eigenvalue weighted by atomic mass is 32.2. The van der Waals surface area contributed by atoms with E-state index in [1.165, 1.54) is 11.3 Å². The Morgan fingerprint density at radius 3 is 2.86 bits per heavy atom. The van der Waals surface area contributed by atoms with Gasteiger partial charge in [0.2, 0.25) is 10.0 Å². The number of nitrogens with zero attached hydrogens (tertiary/aromatic N) is 2. The molecular weight excluding hydrogens is 306 g/mol. The van der Waals surface area contributed by atoms with Gasteiger partial charge in [-0.05, 0) is 36.1 Å². The predicted molar refractivity (Wildman–Crippen MR) is 83.8 cm³/mol. The molecule has 7 heteroatoms. The number of hydrogen-bond acceptors (Lipinski definition) is 4. The summed E-state index contributed by atoms with van der Waals surface area (Å²) in [6, 6.07) is 9.12. The summed E-state index contributed by atoms with van der Waals surface area (Å²) in [7, 11) is -1.47. The molecule has 2 aromatic heterocycles. The monoisotopic (exact) mass is 321 g/mol. The number of hydrogen-bond donors (Lipinski definition) is 1. The smallest absolute Gasteiger partial charge is 0.250 e. The van der Waals surface area contributed by atoms with Gasteiger partial charge in [0.25, 0.3) is 0 Å². The minimum atomic E-state index is -3.43. The lowest BCUT2D eigenvalue weighted by Crippen LogP contribution is -2.22. The van der Waals surface area contributed by atoms with Crippen LogP contribution in [0.15, 0.2) is 39.9 Å². The van der Waals surface area contributed by atoms with Crippen molar-refractivity contribution in [3.8, 4) is 0 Å². The van der Waals surface area contributed by atoms with Crippen molar-refractivity contribution < 1.29 is 8.42 Å². The van der Waals surface area contributed by atoms with Gasteiger partial charge in [-0.1, -0.05) is 12.1 Å². The van der Waals surface area contributed by atoms with Crippen molar-refractivity contribution in [1.29, 1.82) is 0 Å². The molecule has 0 aliphatic heterocycles. The number of aryl methyl sites for hydroxylation is 2. The number of benzene rings is 1. The Morgan fingerprint density at radius 1 is 1.33 bits per heavy atom. The second-order valence-electron chi connectivity index (χ2n) is 4.80. The summed E-state index contributed by atoms with van der Waals surface area (Å²) in [4.78, 5) is 4.46. The van der Waals surface area contributed by atoms with E-state index in [1.54, 1.807) is 17.5 Å². The van der Waals surface area contributed by atoms with Crippen molar-refractivity contribution >= 4 is 32.4 Å². The second-order valence-corrected chi connectivity index (χ2v) is 7.74. The first-order valence-corrected chi connectivity index (χ1v) is 8.79. The second kappa shape index (κ2) is 5.25. The SMILES string of the molecule is Cc1nc2cc(CNS(=O)(=O)c3cccs3)ccc2n1C. The normalized spacial score (nSPS) is 12.1. The zero-order chi connectivity index (χ0) is 15.0. The average molecular weight is 321 g/mol. The fourth-order valence-corrected chi connectivity index (χ4v) is 4.20. The first-order valence-electron chi connectivity index (χ1n) is 6.42. The summed E-state index contributed by atoms with van der Waals surface area (Å²) in [5.74, 6) is 0.932. The number of thiophene rings is 1. The topological polar surface area (TPSA) is 64.0 Å². The van der Waals surface area contributed by atoms with Crippen molar-refractivity contribution in [3.05, 3.63) is 47.1 Å². The summed E-state index contributed by atoms with van der Waals surface area (Å²) in [6.45, 7) is 2.20. The highest BCUT2D eigenvalue weighted by Crippen LogP contribution is 2.18. The summed E-state index contributed by atoms with van der Waals surface area (Å²) in [5, 5.41) is 1.75. The van der Waals surface area contributed by atoms with Crippen LogP contribution in [-0.4, -0.2) is 18.0 Å². The molecule has 110 valence electrons. The zero-order valence-electron chi connectivity index (χ0n) is 11.7. The van der Waals surface area contributed by atoms with E-state index in [2.05, 4.69) is 9.71 Å². The standard InChI is InChI=1S/C14H15N3O2S2/c1-10-16-12-8-11(5-6-13(12)17(10)2)9-15-21(18,19)14-4-3-7-20-14/h3-8,15H,9H2,1-2H3. The van der Waals surface area contributed by atoms with Gasteiger partial charge < -0.3 is 4.57 Å². The molecule has 0 saturated heterocycles. The maximum Gasteiger partial charge on any atom is 0.250 e. The number of fused-ring (bicyclic) bond motifs is 1. The Balaban J connectivity index is 1.83. The predicted octanol–water partition coefficient (Wildman–Crippen LogP) is 2.42. The van der Waals surface area contributed by atoms with Gasteiger partial charge in [-0.3, -0.25) is 0 Å². The van der Waals surface area contributed by atoms with Crippen molar-refractivity contribution in [2.24, 2.45) is 7.05 Å². The minimum Gasteiger partial charge on any atom is -0.331 e. The average Bonchev–Trinajstić information content (AvgIpc) is 3.07. The van der Waals surface area contributed by atoms with E-state index in [-0.39, 0.29) is 6.54 Å². The van der Waals surface area contributed by atoms with Gasteiger partial charge >= 0.3 is 0 Å². The molecule has 0 aliphatic carbocycles. The first-order chi connectivity index (χ1) is 9.97. The van der Waals surface area contributed by atoms with E-state index < -0.39 is 10.0 Å². The molecule has 3 rings (SSSR count). The molecule has 3 aromatic rings. The third-order valence-corrected chi connectivity index (χ3v) is 6.19. The summed E-state index contributed by atoms with van der Waals surface area (Å²) >= 11 is 1.21. The van der Waals surface area contributed by atoms with Crippen molar-refractivity contribution in [2.45, 2.75) is 17.7 Å². The lowest BCUT2D eigenvalue weighted by atomic mass is 10.2. The molecule has 0 fully saturated rings. The first kappa shape index (κ1) is 14.2. The van der Waals surface area contributed by atoms with Gasteiger partial charge in [0.1, 0.15) is 10.0 Å².